The molecule has 0 radical (unpaired) electrons. The number of nitrogens with zero attached hydrogens (tertiary/aromatic N) is 1. The molecule has 3 rings (SSSR count). The number of aromatic nitrogens is 1. The minimum absolute atomic E-state index is 0.340. The molecule has 1 aromatic heterocycles. The molecule has 0 spiro atoms. The molecule has 0 saturated carbocycles. The molecule has 0 unspecified atom stereocenters. The molecular formula is C15H9Cl2NO. The Bertz CT molecular complexity index is 762. The zero-order valence-corrected chi connectivity index (χ0v) is 11.3. The summed E-state index contributed by atoms with van der Waals surface area (Å²) in [5.74, 6) is 0. The molecule has 0 aliphatic rings. The number of carbonyl (C=O) groups excluding carboxylic acids is 1. The lowest BCUT2D eigenvalue weighted by molar-refractivity contribution is 0.108. The van der Waals surface area contributed by atoms with E-state index < -0.39 is 5.24 Å². The third-order valence-electron chi connectivity index (χ3n) is 3.03. The van der Waals surface area contributed by atoms with Crippen molar-refractivity contribution >= 4 is 39.3 Å². The Labute approximate surface area is 120 Å². The molecule has 0 aliphatic heterocycles. The molecule has 19 heavy (non-hydrogen) atoms. The fourth-order valence-corrected chi connectivity index (χ4v) is 2.84. The topological polar surface area (TPSA) is 22.0 Å². The highest BCUT2D eigenvalue weighted by Gasteiger charge is 2.20. The van der Waals surface area contributed by atoms with Gasteiger partial charge in [-0.2, -0.15) is 0 Å². The van der Waals surface area contributed by atoms with Crippen molar-refractivity contribution < 1.29 is 4.79 Å². The molecule has 0 bridgehead atoms. The number of fused-ring (bicyclic) bond motifs is 1. The molecule has 0 amide bonds. The normalized spacial score (nSPS) is 10.8. The van der Waals surface area contributed by atoms with Crippen molar-refractivity contribution in [3.63, 3.8) is 0 Å². The van der Waals surface area contributed by atoms with Crippen LogP contribution in [-0.2, 0) is 0 Å². The third kappa shape index (κ3) is 1.93. The highest BCUT2D eigenvalue weighted by Crippen LogP contribution is 2.33. The van der Waals surface area contributed by atoms with Crippen LogP contribution in [0.5, 0.6) is 0 Å². The predicted molar refractivity (Wildman–Crippen MR) is 78.5 cm³/mol. The van der Waals surface area contributed by atoms with Gasteiger partial charge in [-0.25, -0.2) is 0 Å². The first-order valence-corrected chi connectivity index (χ1v) is 6.50. The Morgan fingerprint density at radius 1 is 0.947 bits per heavy atom. The average molecular weight is 290 g/mol. The zero-order chi connectivity index (χ0) is 13.4. The minimum atomic E-state index is -0.545. The monoisotopic (exact) mass is 289 g/mol. The van der Waals surface area contributed by atoms with Gasteiger partial charge in [-0.05, 0) is 29.8 Å². The van der Waals surface area contributed by atoms with Gasteiger partial charge >= 0.3 is 0 Å². The van der Waals surface area contributed by atoms with Gasteiger partial charge in [0.15, 0.2) is 0 Å². The van der Waals surface area contributed by atoms with Gasteiger partial charge in [-0.3, -0.25) is 9.36 Å². The second kappa shape index (κ2) is 4.72. The number of rotatable bonds is 2. The van der Waals surface area contributed by atoms with Crippen molar-refractivity contribution in [2.45, 2.75) is 0 Å². The van der Waals surface area contributed by atoms with E-state index in [9.17, 15) is 4.79 Å². The van der Waals surface area contributed by atoms with Gasteiger partial charge in [0.05, 0.1) is 11.1 Å². The maximum Gasteiger partial charge on any atom is 0.256 e. The lowest BCUT2D eigenvalue weighted by Crippen LogP contribution is -1.94. The van der Waals surface area contributed by atoms with Crippen LogP contribution in [0.1, 0.15) is 10.4 Å². The molecular weight excluding hydrogens is 281 g/mol. The van der Waals surface area contributed by atoms with Gasteiger partial charge in [0.25, 0.3) is 5.24 Å². The van der Waals surface area contributed by atoms with Crippen LogP contribution in [0.15, 0.2) is 54.6 Å². The second-order valence-corrected chi connectivity index (χ2v) is 4.83. The number of hydrogen-bond acceptors (Lipinski definition) is 1. The summed E-state index contributed by atoms with van der Waals surface area (Å²) in [5.41, 5.74) is 2.11. The highest BCUT2D eigenvalue weighted by molar-refractivity contribution is 6.69. The summed E-state index contributed by atoms with van der Waals surface area (Å²) in [4.78, 5) is 11.6. The molecule has 4 heteroatoms. The van der Waals surface area contributed by atoms with Crippen LogP contribution in [0.4, 0.5) is 0 Å². The van der Waals surface area contributed by atoms with E-state index in [-0.39, 0.29) is 0 Å². The van der Waals surface area contributed by atoms with Crippen LogP contribution in [0.25, 0.3) is 16.6 Å². The van der Waals surface area contributed by atoms with Crippen molar-refractivity contribution in [1.29, 1.82) is 0 Å². The van der Waals surface area contributed by atoms with E-state index in [0.29, 0.717) is 10.7 Å². The van der Waals surface area contributed by atoms with Crippen LogP contribution < -0.4 is 0 Å². The van der Waals surface area contributed by atoms with Gasteiger partial charge in [0.1, 0.15) is 5.15 Å². The Morgan fingerprint density at radius 3 is 2.26 bits per heavy atom. The smallest absolute Gasteiger partial charge is 0.256 e. The quantitative estimate of drug-likeness (QED) is 0.629. The Morgan fingerprint density at radius 2 is 1.58 bits per heavy atom. The number of hydrogen-bond donors (Lipinski definition) is 0. The summed E-state index contributed by atoms with van der Waals surface area (Å²) in [6.07, 6.45) is 0. The van der Waals surface area contributed by atoms with E-state index in [4.69, 9.17) is 23.2 Å². The van der Waals surface area contributed by atoms with E-state index in [0.717, 1.165) is 16.6 Å². The fourth-order valence-electron chi connectivity index (χ4n) is 2.23. The zero-order valence-electron chi connectivity index (χ0n) is 9.81. The van der Waals surface area contributed by atoms with E-state index in [2.05, 4.69) is 0 Å². The number of para-hydroxylation sites is 2. The first-order chi connectivity index (χ1) is 9.20. The summed E-state index contributed by atoms with van der Waals surface area (Å²) >= 11 is 12.0. The molecule has 0 aliphatic carbocycles. The molecule has 3 aromatic rings. The van der Waals surface area contributed by atoms with Gasteiger partial charge in [-0.15, -0.1) is 0 Å². The first kappa shape index (κ1) is 12.3. The van der Waals surface area contributed by atoms with Crippen LogP contribution in [0, 0.1) is 0 Å². The van der Waals surface area contributed by atoms with Crippen LogP contribution in [0.3, 0.4) is 0 Å². The van der Waals surface area contributed by atoms with Crippen molar-refractivity contribution in [2.75, 3.05) is 0 Å². The standard InChI is InChI=1S/C15H9Cl2NO/c16-14-13(15(17)19)11-8-4-5-9-12(11)18(14)10-6-2-1-3-7-10/h1-9H. The summed E-state index contributed by atoms with van der Waals surface area (Å²) in [6.45, 7) is 0. The molecule has 0 fully saturated rings. The van der Waals surface area contributed by atoms with Crippen molar-refractivity contribution in [2.24, 2.45) is 0 Å². The molecule has 1 heterocycles. The van der Waals surface area contributed by atoms with E-state index in [1.165, 1.54) is 0 Å². The van der Waals surface area contributed by atoms with E-state index in [1.807, 2.05) is 59.2 Å². The van der Waals surface area contributed by atoms with Gasteiger partial charge in [-0.1, -0.05) is 48.0 Å². The lowest BCUT2D eigenvalue weighted by Gasteiger charge is -2.06. The summed E-state index contributed by atoms with van der Waals surface area (Å²) in [6, 6.07) is 17.1. The van der Waals surface area contributed by atoms with Crippen LogP contribution >= 0.6 is 23.2 Å². The predicted octanol–water partition coefficient (Wildman–Crippen LogP) is 4.66. The van der Waals surface area contributed by atoms with E-state index >= 15 is 0 Å². The first-order valence-electron chi connectivity index (χ1n) is 5.74. The van der Waals surface area contributed by atoms with E-state index in [1.54, 1.807) is 0 Å². The third-order valence-corrected chi connectivity index (χ3v) is 3.57. The summed E-state index contributed by atoms with van der Waals surface area (Å²) in [5, 5.41) is 0.555. The molecule has 0 saturated heterocycles. The molecule has 0 atom stereocenters. The highest BCUT2D eigenvalue weighted by atomic mass is 35.5. The van der Waals surface area contributed by atoms with Gasteiger partial charge in [0.2, 0.25) is 0 Å². The Hall–Kier alpha value is -1.77. The average Bonchev–Trinajstić information content (AvgIpc) is 2.71. The fraction of sp³-hybridized carbons (Fsp3) is 0. The lowest BCUT2D eigenvalue weighted by atomic mass is 10.2. The minimum Gasteiger partial charge on any atom is -0.300 e. The van der Waals surface area contributed by atoms with Gasteiger partial charge in [0, 0.05) is 11.1 Å². The molecule has 0 N–H and O–H groups in total. The largest absolute Gasteiger partial charge is 0.300 e. The SMILES string of the molecule is O=C(Cl)c1c(Cl)n(-c2ccccc2)c2ccccc12. The molecule has 2 nitrogen and oxygen atoms in total. The van der Waals surface area contributed by atoms with Crippen molar-refractivity contribution in [3.8, 4) is 5.69 Å². The number of carbonyl (C=O) groups is 1. The van der Waals surface area contributed by atoms with Crippen molar-refractivity contribution in [1.82, 2.24) is 4.57 Å². The molecule has 94 valence electrons. The van der Waals surface area contributed by atoms with Crippen LogP contribution in [-0.4, -0.2) is 9.81 Å². The number of benzene rings is 2. The summed E-state index contributed by atoms with van der Waals surface area (Å²) in [7, 11) is 0. The second-order valence-electron chi connectivity index (χ2n) is 4.13. The van der Waals surface area contributed by atoms with Gasteiger partial charge < -0.3 is 0 Å². The molecule has 2 aromatic carbocycles. The Balaban J connectivity index is 2.43. The van der Waals surface area contributed by atoms with Crippen LogP contribution in [0.2, 0.25) is 5.15 Å². The maximum atomic E-state index is 11.6. The van der Waals surface area contributed by atoms with Crippen molar-refractivity contribution in [3.05, 3.63) is 65.3 Å². The number of halogens is 2. The Kier molecular flexibility index (Phi) is 3.05. The summed E-state index contributed by atoms with van der Waals surface area (Å²) < 4.78 is 1.83. The maximum absolute atomic E-state index is 11.6.